The fourth-order valence-corrected chi connectivity index (χ4v) is 4.09. The highest BCUT2D eigenvalue weighted by Gasteiger charge is 2.28. The molecular formula is C16H20N4O2S. The summed E-state index contributed by atoms with van der Waals surface area (Å²) in [7, 11) is 0. The fraction of sp³-hybridized carbons (Fsp3) is 0.438. The lowest BCUT2D eigenvalue weighted by Crippen LogP contribution is -2.48. The summed E-state index contributed by atoms with van der Waals surface area (Å²) in [5, 5.41) is 1.14. The number of amides is 2. The second-order valence-corrected chi connectivity index (χ2v) is 6.96. The van der Waals surface area contributed by atoms with Crippen LogP contribution in [0.15, 0.2) is 24.3 Å². The Hall–Kier alpha value is -1.99. The number of hydrogen-bond donors (Lipinski definition) is 2. The monoisotopic (exact) mass is 332 g/mol. The number of carbonyl (C=O) groups excluding carboxylic acids is 2. The van der Waals surface area contributed by atoms with Gasteiger partial charge in [-0.05, 0) is 25.0 Å². The van der Waals surface area contributed by atoms with Crippen LogP contribution in [-0.2, 0) is 9.59 Å². The van der Waals surface area contributed by atoms with Crippen LogP contribution in [0.2, 0.25) is 0 Å². The quantitative estimate of drug-likeness (QED) is 0.878. The van der Waals surface area contributed by atoms with Crippen molar-refractivity contribution in [2.75, 3.05) is 13.1 Å². The highest BCUT2D eigenvalue weighted by Crippen LogP contribution is 2.33. The molecule has 2 aromatic rings. The standard InChI is InChI=1S/C16H20N4O2S/c17-11(9-14(18)21)16(22)20-7-5-10(6-8-20)15-19-12-3-1-2-4-13(12)23-15/h1-4,10-11H,5-9,17H2,(H2,18,21). The second kappa shape index (κ2) is 6.64. The number of aromatic nitrogens is 1. The van der Waals surface area contributed by atoms with E-state index in [4.69, 9.17) is 16.5 Å². The number of thiazole rings is 1. The van der Waals surface area contributed by atoms with Crippen molar-refractivity contribution in [3.63, 3.8) is 0 Å². The molecule has 122 valence electrons. The summed E-state index contributed by atoms with van der Waals surface area (Å²) >= 11 is 1.73. The lowest BCUT2D eigenvalue weighted by Gasteiger charge is -2.32. The van der Waals surface area contributed by atoms with Gasteiger partial charge in [0.2, 0.25) is 11.8 Å². The van der Waals surface area contributed by atoms with Crippen LogP contribution in [0.4, 0.5) is 0 Å². The molecule has 23 heavy (non-hydrogen) atoms. The summed E-state index contributed by atoms with van der Waals surface area (Å²) in [6.45, 7) is 1.29. The first-order valence-electron chi connectivity index (χ1n) is 7.72. The zero-order chi connectivity index (χ0) is 16.4. The van der Waals surface area contributed by atoms with E-state index < -0.39 is 11.9 Å². The average molecular weight is 332 g/mol. The van der Waals surface area contributed by atoms with Gasteiger partial charge in [0.15, 0.2) is 0 Å². The lowest BCUT2D eigenvalue weighted by atomic mass is 9.97. The number of rotatable bonds is 4. The zero-order valence-electron chi connectivity index (χ0n) is 12.8. The van der Waals surface area contributed by atoms with Crippen molar-refractivity contribution in [2.45, 2.75) is 31.2 Å². The van der Waals surface area contributed by atoms with Gasteiger partial charge in [0.05, 0.1) is 27.7 Å². The maximum absolute atomic E-state index is 12.2. The van der Waals surface area contributed by atoms with Crippen LogP contribution in [0.5, 0.6) is 0 Å². The predicted molar refractivity (Wildman–Crippen MR) is 90.0 cm³/mol. The maximum atomic E-state index is 12.2. The van der Waals surface area contributed by atoms with Crippen LogP contribution in [0.25, 0.3) is 10.2 Å². The third-order valence-corrected chi connectivity index (χ3v) is 5.40. The topological polar surface area (TPSA) is 102 Å². The first-order valence-corrected chi connectivity index (χ1v) is 8.54. The summed E-state index contributed by atoms with van der Waals surface area (Å²) in [5.41, 5.74) is 11.9. The Morgan fingerprint density at radius 2 is 2.00 bits per heavy atom. The summed E-state index contributed by atoms with van der Waals surface area (Å²) < 4.78 is 1.20. The molecule has 2 heterocycles. The van der Waals surface area contributed by atoms with E-state index in [0.717, 1.165) is 23.4 Å². The number of likely N-dealkylation sites (tertiary alicyclic amines) is 1. The van der Waals surface area contributed by atoms with Crippen LogP contribution >= 0.6 is 11.3 Å². The number of fused-ring (bicyclic) bond motifs is 1. The van der Waals surface area contributed by atoms with Gasteiger partial charge < -0.3 is 16.4 Å². The third-order valence-electron chi connectivity index (χ3n) is 4.20. The Morgan fingerprint density at radius 1 is 1.30 bits per heavy atom. The van der Waals surface area contributed by atoms with Gasteiger partial charge in [-0.25, -0.2) is 4.98 Å². The molecular weight excluding hydrogens is 312 g/mol. The molecule has 0 saturated carbocycles. The van der Waals surface area contributed by atoms with Crippen LogP contribution in [0.3, 0.4) is 0 Å². The van der Waals surface area contributed by atoms with Crippen molar-refractivity contribution in [2.24, 2.45) is 11.5 Å². The smallest absolute Gasteiger partial charge is 0.240 e. The van der Waals surface area contributed by atoms with Crippen molar-refractivity contribution >= 4 is 33.4 Å². The number of nitrogens with two attached hydrogens (primary N) is 2. The lowest BCUT2D eigenvalue weighted by molar-refractivity contribution is -0.135. The first kappa shape index (κ1) is 15.9. The van der Waals surface area contributed by atoms with E-state index in [9.17, 15) is 9.59 Å². The van der Waals surface area contributed by atoms with E-state index in [1.807, 2.05) is 18.2 Å². The van der Waals surface area contributed by atoms with Gasteiger partial charge in [-0.3, -0.25) is 9.59 Å². The van der Waals surface area contributed by atoms with Crippen molar-refractivity contribution in [1.29, 1.82) is 0 Å². The number of primary amides is 1. The zero-order valence-corrected chi connectivity index (χ0v) is 13.6. The molecule has 1 aromatic carbocycles. The van der Waals surface area contributed by atoms with Gasteiger partial charge in [-0.1, -0.05) is 12.1 Å². The van der Waals surface area contributed by atoms with Crippen LogP contribution in [-0.4, -0.2) is 40.8 Å². The van der Waals surface area contributed by atoms with Gasteiger partial charge in [-0.2, -0.15) is 0 Å². The summed E-state index contributed by atoms with van der Waals surface area (Å²) in [6.07, 6.45) is 1.64. The number of para-hydroxylation sites is 1. The molecule has 0 radical (unpaired) electrons. The molecule has 6 nitrogen and oxygen atoms in total. The van der Waals surface area contributed by atoms with Crippen molar-refractivity contribution in [3.05, 3.63) is 29.3 Å². The number of hydrogen-bond acceptors (Lipinski definition) is 5. The van der Waals surface area contributed by atoms with Crippen molar-refractivity contribution in [3.8, 4) is 0 Å². The Labute approximate surface area is 138 Å². The highest BCUT2D eigenvalue weighted by molar-refractivity contribution is 7.18. The Morgan fingerprint density at radius 3 is 2.65 bits per heavy atom. The SMILES string of the molecule is NC(=O)CC(N)C(=O)N1CCC(c2nc3ccccc3s2)CC1. The van der Waals surface area contributed by atoms with E-state index in [1.165, 1.54) is 4.70 Å². The van der Waals surface area contributed by atoms with Gasteiger partial charge in [0.1, 0.15) is 0 Å². The van der Waals surface area contributed by atoms with Crippen LogP contribution < -0.4 is 11.5 Å². The third kappa shape index (κ3) is 3.51. The predicted octanol–water partition coefficient (Wildman–Crippen LogP) is 1.20. The molecule has 4 N–H and O–H groups in total. The highest BCUT2D eigenvalue weighted by atomic mass is 32.1. The Balaban J connectivity index is 1.61. The second-order valence-electron chi connectivity index (χ2n) is 5.90. The molecule has 2 amide bonds. The molecule has 1 saturated heterocycles. The molecule has 1 atom stereocenters. The van der Waals surface area contributed by atoms with Crippen molar-refractivity contribution in [1.82, 2.24) is 9.88 Å². The van der Waals surface area contributed by atoms with E-state index in [1.54, 1.807) is 16.2 Å². The minimum atomic E-state index is -0.827. The molecule has 1 unspecified atom stereocenters. The molecule has 1 aliphatic heterocycles. The Kier molecular flexibility index (Phi) is 4.58. The van der Waals surface area contributed by atoms with Crippen LogP contribution in [0, 0.1) is 0 Å². The fourth-order valence-electron chi connectivity index (χ4n) is 2.95. The van der Waals surface area contributed by atoms with Crippen LogP contribution in [0.1, 0.15) is 30.2 Å². The van der Waals surface area contributed by atoms with E-state index in [0.29, 0.717) is 19.0 Å². The summed E-state index contributed by atoms with van der Waals surface area (Å²) in [6, 6.07) is 7.29. The molecule has 1 aromatic heterocycles. The molecule has 0 bridgehead atoms. The minimum absolute atomic E-state index is 0.101. The van der Waals surface area contributed by atoms with Crippen molar-refractivity contribution < 1.29 is 9.59 Å². The van der Waals surface area contributed by atoms with Gasteiger partial charge in [0, 0.05) is 19.0 Å². The molecule has 0 aliphatic carbocycles. The van der Waals surface area contributed by atoms with E-state index >= 15 is 0 Å². The summed E-state index contributed by atoms with van der Waals surface area (Å²) in [5.74, 6) is -0.356. The van der Waals surface area contributed by atoms with E-state index in [-0.39, 0.29) is 12.3 Å². The first-order chi connectivity index (χ1) is 11.0. The maximum Gasteiger partial charge on any atom is 0.240 e. The molecule has 1 fully saturated rings. The molecule has 3 rings (SSSR count). The number of carbonyl (C=O) groups is 2. The molecule has 7 heteroatoms. The number of benzene rings is 1. The van der Waals surface area contributed by atoms with Gasteiger partial charge in [-0.15, -0.1) is 11.3 Å². The molecule has 1 aliphatic rings. The number of piperidine rings is 1. The average Bonchev–Trinajstić information content (AvgIpc) is 2.97. The summed E-state index contributed by atoms with van der Waals surface area (Å²) in [4.78, 5) is 29.5. The minimum Gasteiger partial charge on any atom is -0.370 e. The number of nitrogens with zero attached hydrogens (tertiary/aromatic N) is 2. The van der Waals surface area contributed by atoms with Gasteiger partial charge in [0.25, 0.3) is 0 Å². The molecule has 0 spiro atoms. The van der Waals surface area contributed by atoms with Gasteiger partial charge >= 0.3 is 0 Å². The van der Waals surface area contributed by atoms with E-state index in [2.05, 4.69) is 6.07 Å². The largest absolute Gasteiger partial charge is 0.370 e. The Bertz CT molecular complexity index is 689. The normalized spacial score (nSPS) is 17.3.